The monoisotopic (exact) mass is 197 g/mol. The summed E-state index contributed by atoms with van der Waals surface area (Å²) in [6, 6.07) is 2.62. The first-order valence-electron chi connectivity index (χ1n) is 4.41. The summed E-state index contributed by atoms with van der Waals surface area (Å²) in [5, 5.41) is 0.336. The van der Waals surface area contributed by atoms with Gasteiger partial charge in [-0.15, -0.1) is 0 Å². The molecule has 70 valence electrons. The van der Waals surface area contributed by atoms with Crippen molar-refractivity contribution in [1.29, 1.82) is 0 Å². The lowest BCUT2D eigenvalue weighted by Gasteiger charge is -2.17. The molecule has 0 N–H and O–H groups in total. The molecular weight excluding hydrogens is 186 g/mol. The average Bonchev–Trinajstić information content (AvgIpc) is 2.83. The lowest BCUT2D eigenvalue weighted by molar-refractivity contribution is 0.881. The average molecular weight is 198 g/mol. The van der Waals surface area contributed by atoms with Gasteiger partial charge < -0.3 is 4.90 Å². The van der Waals surface area contributed by atoms with Crippen LogP contribution in [0.3, 0.4) is 0 Å². The van der Waals surface area contributed by atoms with Crippen molar-refractivity contribution in [1.82, 2.24) is 9.97 Å². The molecule has 2 rings (SSSR count). The Morgan fingerprint density at radius 1 is 1.46 bits per heavy atom. The van der Waals surface area contributed by atoms with Gasteiger partial charge in [-0.05, 0) is 31.4 Å². The number of aryl methyl sites for hydroxylation is 1. The molecule has 0 atom stereocenters. The minimum absolute atomic E-state index is 0.336. The highest BCUT2D eigenvalue weighted by Crippen LogP contribution is 2.29. The van der Waals surface area contributed by atoms with Crippen LogP contribution in [0.15, 0.2) is 6.07 Å². The van der Waals surface area contributed by atoms with E-state index < -0.39 is 0 Å². The fourth-order valence-electron chi connectivity index (χ4n) is 1.35. The molecule has 0 amide bonds. The van der Waals surface area contributed by atoms with Crippen LogP contribution in [0.5, 0.6) is 0 Å². The van der Waals surface area contributed by atoms with Crippen LogP contribution >= 0.6 is 11.6 Å². The summed E-state index contributed by atoms with van der Waals surface area (Å²) in [6.07, 6.45) is 2.52. The summed E-state index contributed by atoms with van der Waals surface area (Å²) >= 11 is 5.77. The van der Waals surface area contributed by atoms with Crippen LogP contribution in [-0.2, 0) is 0 Å². The highest BCUT2D eigenvalue weighted by atomic mass is 35.5. The molecule has 0 unspecified atom stereocenters. The quantitative estimate of drug-likeness (QED) is 0.680. The topological polar surface area (TPSA) is 29.0 Å². The standard InChI is InChI=1S/C9H12ClN3/c1-6-5-8(12-9(10)11-6)13(2)7-3-4-7/h5,7H,3-4H2,1-2H3. The molecule has 13 heavy (non-hydrogen) atoms. The molecule has 1 heterocycles. The second-order valence-electron chi connectivity index (χ2n) is 3.48. The number of hydrogen-bond acceptors (Lipinski definition) is 3. The Morgan fingerprint density at radius 2 is 2.15 bits per heavy atom. The van der Waals surface area contributed by atoms with Crippen LogP contribution in [0.1, 0.15) is 18.5 Å². The van der Waals surface area contributed by atoms with Gasteiger partial charge in [0.25, 0.3) is 0 Å². The highest BCUT2D eigenvalue weighted by Gasteiger charge is 2.27. The van der Waals surface area contributed by atoms with Gasteiger partial charge >= 0.3 is 0 Å². The summed E-state index contributed by atoms with van der Waals surface area (Å²) in [5.74, 6) is 0.931. The predicted octanol–water partition coefficient (Wildman–Crippen LogP) is 2.04. The van der Waals surface area contributed by atoms with Crippen molar-refractivity contribution in [2.75, 3.05) is 11.9 Å². The number of hydrogen-bond donors (Lipinski definition) is 0. The first kappa shape index (κ1) is 8.75. The Hall–Kier alpha value is -0.830. The molecule has 0 aromatic carbocycles. The fraction of sp³-hybridized carbons (Fsp3) is 0.556. The summed E-state index contributed by atoms with van der Waals surface area (Å²) in [7, 11) is 2.05. The van der Waals surface area contributed by atoms with Crippen molar-refractivity contribution in [2.24, 2.45) is 0 Å². The van der Waals surface area contributed by atoms with Crippen LogP contribution in [-0.4, -0.2) is 23.1 Å². The van der Waals surface area contributed by atoms with Gasteiger partial charge in [0.05, 0.1) is 0 Å². The third-order valence-corrected chi connectivity index (χ3v) is 2.44. The highest BCUT2D eigenvalue weighted by molar-refractivity contribution is 6.28. The van der Waals surface area contributed by atoms with Gasteiger partial charge in [0, 0.05) is 24.8 Å². The van der Waals surface area contributed by atoms with Crippen molar-refractivity contribution in [2.45, 2.75) is 25.8 Å². The van der Waals surface area contributed by atoms with Crippen LogP contribution < -0.4 is 4.90 Å². The van der Waals surface area contributed by atoms with Gasteiger partial charge in [0.2, 0.25) is 5.28 Å². The first-order chi connectivity index (χ1) is 6.16. The number of nitrogens with zero attached hydrogens (tertiary/aromatic N) is 3. The van der Waals surface area contributed by atoms with Gasteiger partial charge in [-0.2, -0.15) is 0 Å². The maximum absolute atomic E-state index is 5.77. The van der Waals surface area contributed by atoms with E-state index in [1.54, 1.807) is 0 Å². The van der Waals surface area contributed by atoms with E-state index in [0.29, 0.717) is 11.3 Å². The third kappa shape index (κ3) is 1.91. The zero-order chi connectivity index (χ0) is 9.42. The fourth-order valence-corrected chi connectivity index (χ4v) is 1.57. The van der Waals surface area contributed by atoms with Gasteiger partial charge in [-0.1, -0.05) is 0 Å². The molecule has 1 aliphatic rings. The maximum Gasteiger partial charge on any atom is 0.224 e. The summed E-state index contributed by atoms with van der Waals surface area (Å²) in [4.78, 5) is 10.4. The molecule has 1 aromatic heterocycles. The van der Waals surface area contributed by atoms with E-state index in [1.807, 2.05) is 13.0 Å². The Bertz CT molecular complexity index is 302. The molecule has 0 bridgehead atoms. The molecule has 1 fully saturated rings. The van der Waals surface area contributed by atoms with Gasteiger partial charge in [-0.25, -0.2) is 9.97 Å². The molecule has 3 nitrogen and oxygen atoms in total. The lowest BCUT2D eigenvalue weighted by Crippen LogP contribution is -2.20. The van der Waals surface area contributed by atoms with Crippen molar-refractivity contribution in [3.05, 3.63) is 17.0 Å². The van der Waals surface area contributed by atoms with E-state index in [0.717, 1.165) is 11.5 Å². The van der Waals surface area contributed by atoms with E-state index in [9.17, 15) is 0 Å². The van der Waals surface area contributed by atoms with E-state index in [-0.39, 0.29) is 0 Å². The zero-order valence-corrected chi connectivity index (χ0v) is 8.54. The predicted molar refractivity (Wildman–Crippen MR) is 53.2 cm³/mol. The Balaban J connectivity index is 2.27. The smallest absolute Gasteiger partial charge is 0.224 e. The second-order valence-corrected chi connectivity index (χ2v) is 3.82. The van der Waals surface area contributed by atoms with E-state index in [2.05, 4.69) is 21.9 Å². The van der Waals surface area contributed by atoms with Crippen molar-refractivity contribution < 1.29 is 0 Å². The van der Waals surface area contributed by atoms with Gasteiger partial charge in [-0.3, -0.25) is 0 Å². The minimum atomic E-state index is 0.336. The van der Waals surface area contributed by atoms with Crippen LogP contribution in [0.2, 0.25) is 5.28 Å². The summed E-state index contributed by atoms with van der Waals surface area (Å²) < 4.78 is 0. The molecule has 0 radical (unpaired) electrons. The molecular formula is C9H12ClN3. The number of anilines is 1. The van der Waals surface area contributed by atoms with Crippen LogP contribution in [0, 0.1) is 6.92 Å². The molecule has 1 aromatic rings. The molecule has 1 aliphatic carbocycles. The normalized spacial score (nSPS) is 15.9. The Kier molecular flexibility index (Phi) is 2.12. The molecule has 1 saturated carbocycles. The Morgan fingerprint density at radius 3 is 2.69 bits per heavy atom. The molecule has 0 aliphatic heterocycles. The van der Waals surface area contributed by atoms with E-state index in [1.165, 1.54) is 12.8 Å². The number of rotatable bonds is 2. The zero-order valence-electron chi connectivity index (χ0n) is 7.79. The van der Waals surface area contributed by atoms with E-state index >= 15 is 0 Å². The molecule has 0 spiro atoms. The molecule has 4 heteroatoms. The Labute approximate surface area is 82.8 Å². The largest absolute Gasteiger partial charge is 0.357 e. The third-order valence-electron chi connectivity index (χ3n) is 2.27. The minimum Gasteiger partial charge on any atom is -0.357 e. The van der Waals surface area contributed by atoms with Crippen LogP contribution in [0.4, 0.5) is 5.82 Å². The van der Waals surface area contributed by atoms with Gasteiger partial charge in [0.15, 0.2) is 0 Å². The van der Waals surface area contributed by atoms with Crippen LogP contribution in [0.25, 0.3) is 0 Å². The maximum atomic E-state index is 5.77. The SMILES string of the molecule is Cc1cc(N(C)C2CC2)nc(Cl)n1. The number of halogens is 1. The van der Waals surface area contributed by atoms with Crippen molar-refractivity contribution in [3.63, 3.8) is 0 Å². The van der Waals surface area contributed by atoms with E-state index in [4.69, 9.17) is 11.6 Å². The number of aromatic nitrogens is 2. The van der Waals surface area contributed by atoms with Gasteiger partial charge in [0.1, 0.15) is 5.82 Å². The summed E-state index contributed by atoms with van der Waals surface area (Å²) in [6.45, 7) is 1.93. The lowest BCUT2D eigenvalue weighted by atomic mass is 10.4. The summed E-state index contributed by atoms with van der Waals surface area (Å²) in [5.41, 5.74) is 0.919. The van der Waals surface area contributed by atoms with Crippen molar-refractivity contribution >= 4 is 17.4 Å². The molecule has 0 saturated heterocycles. The first-order valence-corrected chi connectivity index (χ1v) is 4.78. The second kappa shape index (κ2) is 3.14. The van der Waals surface area contributed by atoms with Crippen molar-refractivity contribution in [3.8, 4) is 0 Å².